The van der Waals surface area contributed by atoms with E-state index in [0.29, 0.717) is 18.1 Å². The first-order chi connectivity index (χ1) is 8.16. The second-order valence-corrected chi connectivity index (χ2v) is 6.51. The Morgan fingerprint density at radius 1 is 1.76 bits per heavy atom. The Morgan fingerprint density at radius 2 is 2.59 bits per heavy atom. The lowest BCUT2D eigenvalue weighted by Gasteiger charge is -2.36. The summed E-state index contributed by atoms with van der Waals surface area (Å²) in [6.45, 7) is 0. The molecule has 0 aromatic carbocycles. The van der Waals surface area contributed by atoms with E-state index in [-0.39, 0.29) is 0 Å². The van der Waals surface area contributed by atoms with Gasteiger partial charge in [-0.1, -0.05) is 11.8 Å². The molecule has 5 nitrogen and oxygen atoms in total. The highest BCUT2D eigenvalue weighted by Gasteiger charge is 2.42. The summed E-state index contributed by atoms with van der Waals surface area (Å²) in [4.78, 5) is 15.5. The summed E-state index contributed by atoms with van der Waals surface area (Å²) in [5.74, 6) is -0.748. The lowest BCUT2D eigenvalue weighted by Crippen LogP contribution is -2.53. The van der Waals surface area contributed by atoms with Crippen molar-refractivity contribution in [1.82, 2.24) is 14.7 Å². The van der Waals surface area contributed by atoms with Crippen molar-refractivity contribution in [3.8, 4) is 0 Å². The second kappa shape index (κ2) is 5.32. The third-order valence-corrected chi connectivity index (χ3v) is 5.22. The minimum absolute atomic E-state index is 0.306. The molecule has 0 radical (unpaired) electrons. The second-order valence-electron chi connectivity index (χ2n) is 4.18. The van der Waals surface area contributed by atoms with Crippen molar-refractivity contribution in [3.05, 3.63) is 6.33 Å². The van der Waals surface area contributed by atoms with E-state index in [9.17, 15) is 9.90 Å². The molecular formula is C10H15N3O2S2. The monoisotopic (exact) mass is 273 g/mol. The molecule has 2 rings (SSSR count). The molecular weight excluding hydrogens is 258 g/mol. The van der Waals surface area contributed by atoms with Crippen LogP contribution in [0.1, 0.15) is 25.7 Å². The molecule has 2 atom stereocenters. The fourth-order valence-corrected chi connectivity index (χ4v) is 4.24. The van der Waals surface area contributed by atoms with E-state index in [2.05, 4.69) is 14.7 Å². The van der Waals surface area contributed by atoms with E-state index in [0.717, 1.165) is 17.2 Å². The van der Waals surface area contributed by atoms with Crippen molar-refractivity contribution in [1.29, 1.82) is 0 Å². The van der Waals surface area contributed by atoms with Crippen LogP contribution in [0.4, 0.5) is 0 Å². The van der Waals surface area contributed by atoms with Gasteiger partial charge in [-0.2, -0.15) is 4.37 Å². The van der Waals surface area contributed by atoms with Crippen molar-refractivity contribution in [3.63, 3.8) is 0 Å². The third-order valence-electron chi connectivity index (χ3n) is 3.20. The molecule has 1 heterocycles. The summed E-state index contributed by atoms with van der Waals surface area (Å²) in [5, 5.41) is 12.6. The predicted molar refractivity (Wildman–Crippen MR) is 67.4 cm³/mol. The van der Waals surface area contributed by atoms with E-state index >= 15 is 0 Å². The standard InChI is InChI=1S/C10H15N3O2S2/c1-11-10(8(14)15)4-2-3-7(5-10)16-9-12-6-13-17-9/h6-7,11H,2-5H2,1H3,(H,14,15). The number of aliphatic carboxylic acids is 1. The van der Waals surface area contributed by atoms with Crippen LogP contribution in [0.25, 0.3) is 0 Å². The van der Waals surface area contributed by atoms with Crippen molar-refractivity contribution >= 4 is 29.3 Å². The summed E-state index contributed by atoms with van der Waals surface area (Å²) in [6.07, 6.45) is 4.86. The van der Waals surface area contributed by atoms with E-state index in [4.69, 9.17) is 0 Å². The Labute approximate surface area is 108 Å². The first kappa shape index (κ1) is 12.8. The van der Waals surface area contributed by atoms with Gasteiger partial charge in [-0.05, 0) is 44.3 Å². The van der Waals surface area contributed by atoms with Crippen LogP contribution in [0.5, 0.6) is 0 Å². The highest BCUT2D eigenvalue weighted by molar-refractivity contribution is 8.01. The van der Waals surface area contributed by atoms with E-state index in [1.54, 1.807) is 25.1 Å². The van der Waals surface area contributed by atoms with Gasteiger partial charge in [-0.25, -0.2) is 4.98 Å². The smallest absolute Gasteiger partial charge is 0.323 e. The Bertz CT molecular complexity index is 385. The van der Waals surface area contributed by atoms with E-state index in [1.807, 2.05) is 0 Å². The zero-order valence-corrected chi connectivity index (χ0v) is 11.2. The molecule has 1 saturated carbocycles. The number of hydrogen-bond acceptors (Lipinski definition) is 6. The van der Waals surface area contributed by atoms with Gasteiger partial charge in [0.25, 0.3) is 0 Å². The number of aromatic nitrogens is 2. The van der Waals surface area contributed by atoms with Gasteiger partial charge in [-0.3, -0.25) is 4.79 Å². The largest absolute Gasteiger partial charge is 0.480 e. The highest BCUT2D eigenvalue weighted by atomic mass is 32.2. The Kier molecular flexibility index (Phi) is 4.01. The normalized spacial score (nSPS) is 29.1. The van der Waals surface area contributed by atoms with Crippen LogP contribution in [-0.2, 0) is 4.79 Å². The molecule has 1 fully saturated rings. The van der Waals surface area contributed by atoms with Crippen LogP contribution in [0.15, 0.2) is 10.7 Å². The van der Waals surface area contributed by atoms with Crippen LogP contribution in [-0.4, -0.2) is 38.3 Å². The Hall–Kier alpha value is -0.660. The van der Waals surface area contributed by atoms with Gasteiger partial charge in [0.1, 0.15) is 11.9 Å². The number of carboxylic acids is 1. The summed E-state index contributed by atoms with van der Waals surface area (Å²) in [5.41, 5.74) is -0.763. The van der Waals surface area contributed by atoms with Gasteiger partial charge in [0, 0.05) is 5.25 Å². The molecule has 0 spiro atoms. The summed E-state index contributed by atoms with van der Waals surface area (Å²) >= 11 is 3.01. The first-order valence-electron chi connectivity index (χ1n) is 5.52. The number of carbonyl (C=O) groups is 1. The fraction of sp³-hybridized carbons (Fsp3) is 0.700. The molecule has 94 valence electrons. The molecule has 1 aromatic rings. The molecule has 1 aliphatic carbocycles. The maximum Gasteiger partial charge on any atom is 0.323 e. The number of nitrogens with one attached hydrogen (secondary N) is 1. The van der Waals surface area contributed by atoms with Crippen molar-refractivity contribution in [2.24, 2.45) is 0 Å². The first-order valence-corrected chi connectivity index (χ1v) is 7.17. The third kappa shape index (κ3) is 2.78. The molecule has 0 saturated heterocycles. The van der Waals surface area contributed by atoms with Gasteiger partial charge in [0.15, 0.2) is 4.34 Å². The minimum Gasteiger partial charge on any atom is -0.480 e. The molecule has 0 bridgehead atoms. The molecule has 7 heteroatoms. The van der Waals surface area contributed by atoms with Gasteiger partial charge >= 0.3 is 5.97 Å². The van der Waals surface area contributed by atoms with Crippen LogP contribution in [0.3, 0.4) is 0 Å². The molecule has 0 amide bonds. The van der Waals surface area contributed by atoms with Crippen LogP contribution in [0, 0.1) is 0 Å². The fourth-order valence-electron chi connectivity index (χ4n) is 2.21. The SMILES string of the molecule is CNC1(C(=O)O)CCCC(Sc2ncns2)C1. The average molecular weight is 273 g/mol. The summed E-state index contributed by atoms with van der Waals surface area (Å²) in [7, 11) is 1.73. The molecule has 1 aromatic heterocycles. The number of hydrogen-bond donors (Lipinski definition) is 2. The van der Waals surface area contributed by atoms with Gasteiger partial charge in [0.2, 0.25) is 0 Å². The van der Waals surface area contributed by atoms with Gasteiger partial charge in [0.05, 0.1) is 0 Å². The lowest BCUT2D eigenvalue weighted by atomic mass is 9.81. The zero-order valence-electron chi connectivity index (χ0n) is 9.55. The molecule has 2 N–H and O–H groups in total. The number of likely N-dealkylation sites (N-methyl/N-ethyl adjacent to an activating group) is 1. The van der Waals surface area contributed by atoms with Crippen molar-refractivity contribution in [2.45, 2.75) is 40.8 Å². The van der Waals surface area contributed by atoms with Crippen LogP contribution in [0.2, 0.25) is 0 Å². The maximum absolute atomic E-state index is 11.4. The van der Waals surface area contributed by atoms with Crippen LogP contribution >= 0.6 is 23.3 Å². The average Bonchev–Trinajstić information content (AvgIpc) is 2.82. The van der Waals surface area contributed by atoms with E-state index < -0.39 is 11.5 Å². The molecule has 0 aliphatic heterocycles. The van der Waals surface area contributed by atoms with E-state index in [1.165, 1.54) is 11.5 Å². The molecule has 1 aliphatic rings. The summed E-state index contributed by atoms with van der Waals surface area (Å²) in [6, 6.07) is 0. The van der Waals surface area contributed by atoms with Crippen molar-refractivity contribution < 1.29 is 9.90 Å². The molecule has 2 unspecified atom stereocenters. The van der Waals surface area contributed by atoms with Crippen molar-refractivity contribution in [2.75, 3.05) is 7.05 Å². The Balaban J connectivity index is 2.03. The number of carboxylic acid groups (broad SMARTS) is 1. The topological polar surface area (TPSA) is 75.1 Å². The number of thioether (sulfide) groups is 1. The maximum atomic E-state index is 11.4. The highest BCUT2D eigenvalue weighted by Crippen LogP contribution is 2.38. The lowest BCUT2D eigenvalue weighted by molar-refractivity contribution is -0.146. The number of nitrogens with zero attached hydrogens (tertiary/aromatic N) is 2. The zero-order chi connectivity index (χ0) is 12.3. The summed E-state index contributed by atoms with van der Waals surface area (Å²) < 4.78 is 4.88. The van der Waals surface area contributed by atoms with Gasteiger partial charge < -0.3 is 10.4 Å². The Morgan fingerprint density at radius 3 is 3.18 bits per heavy atom. The van der Waals surface area contributed by atoms with Gasteiger partial charge in [-0.15, -0.1) is 0 Å². The predicted octanol–water partition coefficient (Wildman–Crippen LogP) is 1.62. The quantitative estimate of drug-likeness (QED) is 0.868. The minimum atomic E-state index is -0.763. The number of rotatable bonds is 4. The molecule has 17 heavy (non-hydrogen) atoms. The van der Waals surface area contributed by atoms with Crippen LogP contribution < -0.4 is 5.32 Å².